The molecule has 0 unspecified atom stereocenters. The van der Waals surface area contributed by atoms with Gasteiger partial charge in [0.1, 0.15) is 12.4 Å². The molecule has 0 saturated carbocycles. The van der Waals surface area contributed by atoms with E-state index >= 15 is 0 Å². The van der Waals surface area contributed by atoms with Crippen LogP contribution in [0.3, 0.4) is 0 Å². The molecular weight excluding hydrogens is 490 g/mol. The number of carbonyl (C=O) groups is 1. The van der Waals surface area contributed by atoms with Crippen LogP contribution in [0.1, 0.15) is 35.6 Å². The van der Waals surface area contributed by atoms with E-state index in [2.05, 4.69) is 11.1 Å². The number of benzene rings is 2. The van der Waals surface area contributed by atoms with Gasteiger partial charge in [-0.05, 0) is 65.3 Å². The van der Waals surface area contributed by atoms with Gasteiger partial charge in [0.2, 0.25) is 15.9 Å². The summed E-state index contributed by atoms with van der Waals surface area (Å²) in [6.45, 7) is 1.30. The van der Waals surface area contributed by atoms with Crippen molar-refractivity contribution >= 4 is 26.8 Å². The van der Waals surface area contributed by atoms with Crippen LogP contribution in [0.15, 0.2) is 71.5 Å². The Labute approximate surface area is 216 Å². The number of carbonyl (C=O) groups excluding carboxylic acids is 1. The van der Waals surface area contributed by atoms with Gasteiger partial charge in [0, 0.05) is 30.2 Å². The second-order valence-electron chi connectivity index (χ2n) is 9.43. The van der Waals surface area contributed by atoms with Crippen molar-refractivity contribution in [2.24, 2.45) is 5.73 Å². The highest BCUT2D eigenvalue weighted by Gasteiger charge is 2.30. The fraction of sp³-hybridized carbons (Fsp3) is 0.321. The Hall–Kier alpha value is -3.40. The third-order valence-electron chi connectivity index (χ3n) is 6.97. The molecule has 2 aromatic heterocycles. The molecule has 194 valence electrons. The summed E-state index contributed by atoms with van der Waals surface area (Å²) in [4.78, 5) is 15.1. The average Bonchev–Trinajstić information content (AvgIpc) is 3.57. The lowest BCUT2D eigenvalue weighted by atomic mass is 9.88. The van der Waals surface area contributed by atoms with Crippen molar-refractivity contribution in [3.8, 4) is 11.1 Å². The first kappa shape index (κ1) is 25.3. The van der Waals surface area contributed by atoms with Gasteiger partial charge in [0.15, 0.2) is 0 Å². The van der Waals surface area contributed by atoms with E-state index in [1.807, 2.05) is 42.6 Å². The second-order valence-corrected chi connectivity index (χ2v) is 11.5. The lowest BCUT2D eigenvalue weighted by Gasteiger charge is -2.31. The molecule has 1 saturated heterocycles. The third kappa shape index (κ3) is 5.79. The van der Waals surface area contributed by atoms with Crippen LogP contribution >= 0.6 is 0 Å². The van der Waals surface area contributed by atoms with E-state index in [0.717, 1.165) is 46.0 Å². The zero-order valence-electron chi connectivity index (χ0n) is 20.6. The van der Waals surface area contributed by atoms with Crippen molar-refractivity contribution in [3.05, 3.63) is 83.9 Å². The largest absolute Gasteiger partial charge is 0.467 e. The van der Waals surface area contributed by atoms with E-state index in [9.17, 15) is 13.2 Å². The van der Waals surface area contributed by atoms with Crippen molar-refractivity contribution in [2.45, 2.75) is 31.8 Å². The molecule has 9 heteroatoms. The maximum Gasteiger partial charge on any atom is 0.221 e. The predicted octanol–water partition coefficient (Wildman–Crippen LogP) is 4.18. The Kier molecular flexibility index (Phi) is 7.45. The molecule has 1 amide bonds. The van der Waals surface area contributed by atoms with Crippen LogP contribution in [0.2, 0.25) is 0 Å². The van der Waals surface area contributed by atoms with Crippen LogP contribution in [0, 0.1) is 0 Å². The van der Waals surface area contributed by atoms with Crippen LogP contribution in [0.5, 0.6) is 0 Å². The molecule has 1 fully saturated rings. The van der Waals surface area contributed by atoms with Gasteiger partial charge in [-0.3, -0.25) is 4.79 Å². The Morgan fingerprint density at radius 1 is 1.08 bits per heavy atom. The number of hydrogen-bond acceptors (Lipinski definition) is 5. The summed E-state index contributed by atoms with van der Waals surface area (Å²) >= 11 is 0. The number of H-pyrrole nitrogens is 1. The van der Waals surface area contributed by atoms with Crippen LogP contribution in [0.4, 0.5) is 0 Å². The molecule has 5 rings (SSSR count). The number of piperidine rings is 1. The zero-order valence-corrected chi connectivity index (χ0v) is 21.4. The number of ether oxygens (including phenoxy) is 1. The Morgan fingerprint density at radius 3 is 2.57 bits per heavy atom. The predicted molar refractivity (Wildman–Crippen MR) is 142 cm³/mol. The fourth-order valence-corrected chi connectivity index (χ4v) is 6.45. The quantitative estimate of drug-likeness (QED) is 0.304. The molecule has 8 nitrogen and oxygen atoms in total. The number of nitrogens with two attached hydrogens (primary N) is 1. The number of furan rings is 1. The summed E-state index contributed by atoms with van der Waals surface area (Å²) < 4.78 is 38.0. The summed E-state index contributed by atoms with van der Waals surface area (Å²) in [6, 6.07) is 17.8. The van der Waals surface area contributed by atoms with Gasteiger partial charge in [-0.1, -0.05) is 30.3 Å². The van der Waals surface area contributed by atoms with E-state index in [-0.39, 0.29) is 37.2 Å². The number of amides is 1. The van der Waals surface area contributed by atoms with E-state index in [1.54, 1.807) is 22.7 Å². The molecule has 0 radical (unpaired) electrons. The molecule has 4 aromatic rings. The van der Waals surface area contributed by atoms with Crippen molar-refractivity contribution in [2.75, 3.05) is 25.4 Å². The number of primary amides is 1. The maximum absolute atomic E-state index is 12.9. The highest BCUT2D eigenvalue weighted by Crippen LogP contribution is 2.37. The second kappa shape index (κ2) is 10.9. The fourth-order valence-electron chi connectivity index (χ4n) is 5.10. The number of aromatic nitrogens is 1. The third-order valence-corrected chi connectivity index (χ3v) is 8.81. The molecular formula is C28H31N3O5S. The minimum atomic E-state index is -3.40. The van der Waals surface area contributed by atoms with E-state index in [4.69, 9.17) is 14.9 Å². The molecule has 1 aliphatic rings. The summed E-state index contributed by atoms with van der Waals surface area (Å²) in [7, 11) is -3.40. The highest BCUT2D eigenvalue weighted by atomic mass is 32.2. The molecule has 1 aliphatic heterocycles. The van der Waals surface area contributed by atoms with Gasteiger partial charge < -0.3 is 19.9 Å². The standard InChI is InChI=1S/C28H31N3O5S/c29-27(32)17-23-15-22(20-5-2-1-3-6-20)16-25-26(18-30-28(23)25)21-8-10-31(11-9-21)37(33,34)14-13-35-19-24-7-4-12-36-24/h1-7,12,15-16,18,21,30H,8-11,13-14,17,19H2,(H2,29,32). The number of sulfonamides is 1. The summed E-state index contributed by atoms with van der Waals surface area (Å²) in [6.07, 6.45) is 5.16. The first-order valence-electron chi connectivity index (χ1n) is 12.5. The Balaban J connectivity index is 1.29. The van der Waals surface area contributed by atoms with Crippen LogP contribution in [-0.2, 0) is 32.6 Å². The number of fused-ring (bicyclic) bond motifs is 1. The first-order chi connectivity index (χ1) is 17.9. The minimum Gasteiger partial charge on any atom is -0.467 e. The summed E-state index contributed by atoms with van der Waals surface area (Å²) in [5.74, 6) is 0.450. The Morgan fingerprint density at radius 2 is 1.86 bits per heavy atom. The highest BCUT2D eigenvalue weighted by molar-refractivity contribution is 7.89. The number of rotatable bonds is 10. The van der Waals surface area contributed by atoms with Crippen LogP contribution < -0.4 is 5.73 Å². The summed E-state index contributed by atoms with van der Waals surface area (Å²) in [5, 5.41) is 1.06. The molecule has 3 N–H and O–H groups in total. The molecule has 2 aromatic carbocycles. The van der Waals surface area contributed by atoms with Gasteiger partial charge in [0.05, 0.1) is 25.0 Å². The molecule has 0 aliphatic carbocycles. The maximum atomic E-state index is 12.9. The van der Waals surface area contributed by atoms with Gasteiger partial charge in [0.25, 0.3) is 0 Å². The zero-order chi connectivity index (χ0) is 25.8. The summed E-state index contributed by atoms with van der Waals surface area (Å²) in [5.41, 5.74) is 10.6. The number of nitrogens with zero attached hydrogens (tertiary/aromatic N) is 1. The lowest BCUT2D eigenvalue weighted by Crippen LogP contribution is -2.40. The topological polar surface area (TPSA) is 119 Å². The van der Waals surface area contributed by atoms with Crippen molar-refractivity contribution in [3.63, 3.8) is 0 Å². The van der Waals surface area contributed by atoms with Gasteiger partial charge in [-0.2, -0.15) is 0 Å². The van der Waals surface area contributed by atoms with Gasteiger partial charge >= 0.3 is 0 Å². The smallest absolute Gasteiger partial charge is 0.221 e. The molecule has 0 spiro atoms. The SMILES string of the molecule is NC(=O)Cc1cc(-c2ccccc2)cc2c(C3CCN(S(=O)(=O)CCOCc4ccco4)CC3)c[nH]c12. The van der Waals surface area contributed by atoms with E-state index in [0.29, 0.717) is 18.8 Å². The first-order valence-corrected chi connectivity index (χ1v) is 14.1. The van der Waals surface area contributed by atoms with Gasteiger partial charge in [-0.15, -0.1) is 0 Å². The molecule has 37 heavy (non-hydrogen) atoms. The van der Waals surface area contributed by atoms with Crippen molar-refractivity contribution in [1.29, 1.82) is 0 Å². The molecule has 0 bridgehead atoms. The molecule has 3 heterocycles. The van der Waals surface area contributed by atoms with Crippen molar-refractivity contribution in [1.82, 2.24) is 9.29 Å². The van der Waals surface area contributed by atoms with Gasteiger partial charge in [-0.25, -0.2) is 12.7 Å². The van der Waals surface area contributed by atoms with E-state index < -0.39 is 10.0 Å². The minimum absolute atomic E-state index is 0.0532. The van der Waals surface area contributed by atoms with Crippen LogP contribution in [0.25, 0.3) is 22.0 Å². The number of nitrogens with one attached hydrogen (secondary N) is 1. The average molecular weight is 522 g/mol. The van der Waals surface area contributed by atoms with E-state index in [1.165, 1.54) is 0 Å². The van der Waals surface area contributed by atoms with Crippen LogP contribution in [-0.4, -0.2) is 49.1 Å². The molecule has 0 atom stereocenters. The number of aromatic amines is 1. The Bertz CT molecular complexity index is 1450. The number of hydrogen-bond donors (Lipinski definition) is 2. The normalized spacial score (nSPS) is 15.4. The monoisotopic (exact) mass is 521 g/mol. The van der Waals surface area contributed by atoms with Crippen molar-refractivity contribution < 1.29 is 22.4 Å². The lowest BCUT2D eigenvalue weighted by molar-refractivity contribution is -0.117.